The van der Waals surface area contributed by atoms with E-state index in [1.54, 1.807) is 0 Å². The molecule has 0 aromatic heterocycles. The van der Waals surface area contributed by atoms with Gasteiger partial charge in [0, 0.05) is 24.7 Å². The zero-order valence-corrected chi connectivity index (χ0v) is 11.9. The number of carbonyl (C=O) groups is 1. The van der Waals surface area contributed by atoms with Gasteiger partial charge in [-0.15, -0.1) is 0 Å². The van der Waals surface area contributed by atoms with Crippen LogP contribution in [0.5, 0.6) is 0 Å². The van der Waals surface area contributed by atoms with Gasteiger partial charge in [0.2, 0.25) is 5.91 Å². The number of rotatable bonds is 1. The highest BCUT2D eigenvalue weighted by molar-refractivity contribution is 5.81. The molecule has 0 spiro atoms. The van der Waals surface area contributed by atoms with Crippen molar-refractivity contribution in [2.75, 3.05) is 5.73 Å². The van der Waals surface area contributed by atoms with Crippen molar-refractivity contribution in [1.29, 1.82) is 0 Å². The fraction of sp³-hybridized carbons (Fsp3) is 0.278. The van der Waals surface area contributed by atoms with E-state index in [0.717, 1.165) is 25.1 Å². The van der Waals surface area contributed by atoms with E-state index in [0.29, 0.717) is 6.54 Å². The van der Waals surface area contributed by atoms with Gasteiger partial charge < -0.3 is 10.6 Å². The molecule has 2 aliphatic rings. The molecule has 0 saturated heterocycles. The van der Waals surface area contributed by atoms with E-state index in [1.165, 1.54) is 22.3 Å². The molecule has 2 N–H and O–H groups in total. The fourth-order valence-corrected chi connectivity index (χ4v) is 3.56. The van der Waals surface area contributed by atoms with Crippen molar-refractivity contribution in [2.45, 2.75) is 25.9 Å². The number of benzene rings is 2. The minimum atomic E-state index is 0.106. The first-order valence-corrected chi connectivity index (χ1v) is 7.43. The molecule has 0 atom stereocenters. The number of fused-ring (bicyclic) bond motifs is 2. The Balaban J connectivity index is 1.51. The molecule has 1 heterocycles. The van der Waals surface area contributed by atoms with E-state index in [4.69, 9.17) is 5.73 Å². The lowest BCUT2D eigenvalue weighted by Gasteiger charge is -2.19. The summed E-state index contributed by atoms with van der Waals surface area (Å²) in [5.74, 6) is 0.384. The predicted octanol–water partition coefficient (Wildman–Crippen LogP) is 2.53. The first kappa shape index (κ1) is 12.5. The second-order valence-corrected chi connectivity index (χ2v) is 6.10. The molecule has 21 heavy (non-hydrogen) atoms. The first-order chi connectivity index (χ1) is 10.2. The summed E-state index contributed by atoms with van der Waals surface area (Å²) in [5.41, 5.74) is 11.7. The van der Waals surface area contributed by atoms with Crippen molar-refractivity contribution in [3.05, 3.63) is 64.7 Å². The maximum absolute atomic E-state index is 12.8. The van der Waals surface area contributed by atoms with E-state index >= 15 is 0 Å². The van der Waals surface area contributed by atoms with Crippen LogP contribution in [0, 0.1) is 5.92 Å². The van der Waals surface area contributed by atoms with Crippen molar-refractivity contribution in [1.82, 2.24) is 4.90 Å². The number of nitrogens with zero attached hydrogens (tertiary/aromatic N) is 1. The van der Waals surface area contributed by atoms with Crippen LogP contribution in [0.25, 0.3) is 0 Å². The van der Waals surface area contributed by atoms with Crippen LogP contribution in [0.2, 0.25) is 0 Å². The monoisotopic (exact) mass is 278 g/mol. The normalized spacial score (nSPS) is 16.9. The number of nitrogen functional groups attached to an aromatic ring is 1. The summed E-state index contributed by atoms with van der Waals surface area (Å²) in [6.07, 6.45) is 1.76. The molecule has 3 heteroatoms. The number of amides is 1. The predicted molar refractivity (Wildman–Crippen MR) is 82.4 cm³/mol. The van der Waals surface area contributed by atoms with Gasteiger partial charge in [0.1, 0.15) is 0 Å². The van der Waals surface area contributed by atoms with Crippen LogP contribution >= 0.6 is 0 Å². The summed E-state index contributed by atoms with van der Waals surface area (Å²) in [6, 6.07) is 14.3. The molecule has 2 aromatic rings. The van der Waals surface area contributed by atoms with Gasteiger partial charge in [0.15, 0.2) is 0 Å². The van der Waals surface area contributed by atoms with Crippen molar-refractivity contribution >= 4 is 11.6 Å². The lowest BCUT2D eigenvalue weighted by Crippen LogP contribution is -2.32. The van der Waals surface area contributed by atoms with Crippen molar-refractivity contribution in [2.24, 2.45) is 5.92 Å². The third-order valence-corrected chi connectivity index (χ3v) is 4.66. The molecular formula is C18H18N2O. The molecule has 106 valence electrons. The topological polar surface area (TPSA) is 46.3 Å². The van der Waals surface area contributed by atoms with Gasteiger partial charge in [-0.05, 0) is 47.2 Å². The third-order valence-electron chi connectivity index (χ3n) is 4.66. The molecular weight excluding hydrogens is 260 g/mol. The summed E-state index contributed by atoms with van der Waals surface area (Å²) in [7, 11) is 0. The van der Waals surface area contributed by atoms with Gasteiger partial charge in [0.25, 0.3) is 0 Å². The number of hydrogen-bond donors (Lipinski definition) is 1. The van der Waals surface area contributed by atoms with Gasteiger partial charge >= 0.3 is 0 Å². The van der Waals surface area contributed by atoms with Gasteiger partial charge in [-0.2, -0.15) is 0 Å². The molecule has 0 bridgehead atoms. The summed E-state index contributed by atoms with van der Waals surface area (Å²) < 4.78 is 0. The highest BCUT2D eigenvalue weighted by Gasteiger charge is 2.33. The van der Waals surface area contributed by atoms with E-state index in [9.17, 15) is 4.79 Å². The molecule has 3 nitrogen and oxygen atoms in total. The zero-order chi connectivity index (χ0) is 14.4. The van der Waals surface area contributed by atoms with Crippen molar-refractivity contribution in [3.63, 3.8) is 0 Å². The van der Waals surface area contributed by atoms with Crippen LogP contribution in [0.1, 0.15) is 22.3 Å². The summed E-state index contributed by atoms with van der Waals surface area (Å²) in [6.45, 7) is 1.42. The molecule has 0 saturated carbocycles. The van der Waals surface area contributed by atoms with Crippen LogP contribution in [-0.4, -0.2) is 10.8 Å². The average Bonchev–Trinajstić information content (AvgIpc) is 3.09. The molecule has 1 amide bonds. The van der Waals surface area contributed by atoms with Crippen LogP contribution in [0.3, 0.4) is 0 Å². The Morgan fingerprint density at radius 1 is 0.952 bits per heavy atom. The average molecular weight is 278 g/mol. The largest absolute Gasteiger partial charge is 0.399 e. The number of carbonyl (C=O) groups excluding carboxylic acids is 1. The molecule has 2 aromatic carbocycles. The summed E-state index contributed by atoms with van der Waals surface area (Å²) >= 11 is 0. The van der Waals surface area contributed by atoms with Crippen LogP contribution in [0.4, 0.5) is 5.69 Å². The lowest BCUT2D eigenvalue weighted by atomic mass is 10.1. The third kappa shape index (κ3) is 2.09. The maximum Gasteiger partial charge on any atom is 0.226 e. The maximum atomic E-state index is 12.8. The van der Waals surface area contributed by atoms with Crippen LogP contribution in [0.15, 0.2) is 42.5 Å². The molecule has 0 radical (unpaired) electrons. The Morgan fingerprint density at radius 2 is 1.62 bits per heavy atom. The Kier molecular flexibility index (Phi) is 2.74. The van der Waals surface area contributed by atoms with E-state index in [2.05, 4.69) is 24.3 Å². The van der Waals surface area contributed by atoms with Gasteiger partial charge in [-0.25, -0.2) is 0 Å². The summed E-state index contributed by atoms with van der Waals surface area (Å²) in [4.78, 5) is 14.7. The van der Waals surface area contributed by atoms with Crippen molar-refractivity contribution < 1.29 is 4.79 Å². The highest BCUT2D eigenvalue weighted by atomic mass is 16.2. The number of hydrogen-bond acceptors (Lipinski definition) is 2. The second kappa shape index (κ2) is 4.62. The summed E-state index contributed by atoms with van der Waals surface area (Å²) in [5, 5.41) is 0. The van der Waals surface area contributed by atoms with Crippen LogP contribution in [-0.2, 0) is 30.7 Å². The van der Waals surface area contributed by atoms with Gasteiger partial charge in [-0.3, -0.25) is 4.79 Å². The van der Waals surface area contributed by atoms with Crippen LogP contribution < -0.4 is 5.73 Å². The smallest absolute Gasteiger partial charge is 0.226 e. The fourth-order valence-electron chi connectivity index (χ4n) is 3.56. The zero-order valence-electron chi connectivity index (χ0n) is 11.9. The molecule has 0 unspecified atom stereocenters. The Hall–Kier alpha value is -2.29. The standard InChI is InChI=1S/C18H18N2O/c19-17-6-5-14-10-20(11-16(14)9-17)18(21)15-7-12-3-1-2-4-13(12)8-15/h1-6,9,15H,7-8,10-11,19H2. The Labute approximate surface area is 124 Å². The second-order valence-electron chi connectivity index (χ2n) is 6.10. The van der Waals surface area contributed by atoms with Crippen molar-refractivity contribution in [3.8, 4) is 0 Å². The van der Waals surface area contributed by atoms with E-state index in [1.807, 2.05) is 23.1 Å². The minimum absolute atomic E-state index is 0.106. The molecule has 1 aliphatic heterocycles. The Bertz CT molecular complexity index is 698. The quantitative estimate of drug-likeness (QED) is 0.815. The minimum Gasteiger partial charge on any atom is -0.399 e. The molecule has 4 rings (SSSR count). The Morgan fingerprint density at radius 3 is 2.33 bits per heavy atom. The van der Waals surface area contributed by atoms with E-state index < -0.39 is 0 Å². The van der Waals surface area contributed by atoms with Gasteiger partial charge in [0.05, 0.1) is 0 Å². The first-order valence-electron chi connectivity index (χ1n) is 7.43. The molecule has 0 fully saturated rings. The van der Waals surface area contributed by atoms with E-state index in [-0.39, 0.29) is 11.8 Å². The number of anilines is 1. The van der Waals surface area contributed by atoms with Gasteiger partial charge in [-0.1, -0.05) is 30.3 Å². The number of nitrogens with two attached hydrogens (primary N) is 1. The SMILES string of the molecule is Nc1ccc2c(c1)CN(C(=O)C1Cc3ccccc3C1)C2. The lowest BCUT2D eigenvalue weighted by molar-refractivity contribution is -0.135. The highest BCUT2D eigenvalue weighted by Crippen LogP contribution is 2.31. The molecule has 1 aliphatic carbocycles.